The van der Waals surface area contributed by atoms with Crippen LogP contribution in [0.3, 0.4) is 0 Å². The molecular weight excluding hydrogens is 303 g/mol. The molecule has 0 unspecified atom stereocenters. The maximum atomic E-state index is 12.5. The summed E-state index contributed by atoms with van der Waals surface area (Å²) in [5.74, 6) is 0. The fourth-order valence-corrected chi connectivity index (χ4v) is 2.39. The van der Waals surface area contributed by atoms with Crippen LogP contribution in [0.15, 0.2) is 41.6 Å². The third kappa shape index (κ3) is 4.98. The number of rotatable bonds is 6. The number of nitrogens with zero attached hydrogens (tertiary/aromatic N) is 2. The van der Waals surface area contributed by atoms with Crippen molar-refractivity contribution in [2.45, 2.75) is 23.5 Å². The first kappa shape index (κ1) is 15.7. The van der Waals surface area contributed by atoms with Gasteiger partial charge in [0.1, 0.15) is 0 Å². The van der Waals surface area contributed by atoms with Crippen LogP contribution in [0.4, 0.5) is 18.9 Å². The molecule has 1 aromatic heterocycles. The number of hydrogen-bond donors (Lipinski definition) is 2. The van der Waals surface area contributed by atoms with E-state index in [1.165, 1.54) is 6.07 Å². The van der Waals surface area contributed by atoms with E-state index in [-0.39, 0.29) is 23.3 Å². The topological polar surface area (TPSA) is 50.1 Å². The summed E-state index contributed by atoms with van der Waals surface area (Å²) in [6, 6.07) is 6.28. The highest BCUT2D eigenvalue weighted by Crippen LogP contribution is 2.40. The first-order valence-corrected chi connectivity index (χ1v) is 7.00. The summed E-state index contributed by atoms with van der Waals surface area (Å²) in [4.78, 5) is 0.132. The molecule has 0 amide bonds. The molecule has 0 fully saturated rings. The molecule has 0 aliphatic carbocycles. The zero-order chi connectivity index (χ0) is 15.3. The average molecular weight is 317 g/mol. The number of aromatic nitrogens is 2. The maximum absolute atomic E-state index is 12.5. The molecule has 8 heteroatoms. The van der Waals surface area contributed by atoms with Gasteiger partial charge in [-0.05, 0) is 23.9 Å². The minimum atomic E-state index is -4.32. The summed E-state index contributed by atoms with van der Waals surface area (Å²) >= 11 is -0.141. The standard InChI is InChI=1S/C13H14F3N3OS/c14-13(15,16)21-12-4-2-1-3-11(12)17-7-10-8-18-19(9-10)5-6-20/h1-4,8-9,17,20H,5-7H2. The zero-order valence-electron chi connectivity index (χ0n) is 11.0. The van der Waals surface area contributed by atoms with Crippen LogP contribution in [-0.4, -0.2) is 27.0 Å². The van der Waals surface area contributed by atoms with Crippen LogP contribution in [0.2, 0.25) is 0 Å². The van der Waals surface area contributed by atoms with Crippen molar-refractivity contribution in [3.63, 3.8) is 0 Å². The Kier molecular flexibility index (Phi) is 5.13. The lowest BCUT2D eigenvalue weighted by atomic mass is 10.3. The molecule has 2 rings (SSSR count). The second-order valence-corrected chi connectivity index (χ2v) is 5.34. The molecule has 1 aromatic carbocycles. The Hall–Kier alpha value is -1.67. The number of benzene rings is 1. The van der Waals surface area contributed by atoms with Crippen LogP contribution in [-0.2, 0) is 13.1 Å². The van der Waals surface area contributed by atoms with Crippen LogP contribution in [0.25, 0.3) is 0 Å². The van der Waals surface area contributed by atoms with Crippen LogP contribution < -0.4 is 5.32 Å². The highest BCUT2D eigenvalue weighted by atomic mass is 32.2. The lowest BCUT2D eigenvalue weighted by molar-refractivity contribution is -0.0327. The largest absolute Gasteiger partial charge is 0.446 e. The molecule has 4 nitrogen and oxygen atoms in total. The van der Waals surface area contributed by atoms with E-state index in [1.54, 1.807) is 35.3 Å². The second kappa shape index (κ2) is 6.86. The summed E-state index contributed by atoms with van der Waals surface area (Å²) in [6.07, 6.45) is 3.35. The van der Waals surface area contributed by atoms with Crippen LogP contribution in [0.5, 0.6) is 0 Å². The monoisotopic (exact) mass is 317 g/mol. The lowest BCUT2D eigenvalue weighted by Crippen LogP contribution is -2.04. The van der Waals surface area contributed by atoms with Gasteiger partial charge >= 0.3 is 5.51 Å². The van der Waals surface area contributed by atoms with Gasteiger partial charge < -0.3 is 10.4 Å². The third-order valence-electron chi connectivity index (χ3n) is 2.61. The van der Waals surface area contributed by atoms with Crippen LogP contribution in [0, 0.1) is 0 Å². The van der Waals surface area contributed by atoms with Crippen molar-refractivity contribution in [2.75, 3.05) is 11.9 Å². The average Bonchev–Trinajstić information content (AvgIpc) is 2.84. The minimum Gasteiger partial charge on any atom is -0.394 e. The van der Waals surface area contributed by atoms with Gasteiger partial charge in [0, 0.05) is 28.9 Å². The number of thioether (sulfide) groups is 1. The number of halogens is 3. The lowest BCUT2D eigenvalue weighted by Gasteiger charge is -2.12. The Morgan fingerprint density at radius 3 is 2.76 bits per heavy atom. The summed E-state index contributed by atoms with van der Waals surface area (Å²) in [7, 11) is 0. The van der Waals surface area contributed by atoms with Crippen LogP contribution in [0.1, 0.15) is 5.56 Å². The molecule has 0 bridgehead atoms. The number of anilines is 1. The van der Waals surface area contributed by atoms with E-state index in [2.05, 4.69) is 10.4 Å². The quantitative estimate of drug-likeness (QED) is 0.804. The van der Waals surface area contributed by atoms with Gasteiger partial charge in [0.2, 0.25) is 0 Å². The van der Waals surface area contributed by atoms with E-state index in [9.17, 15) is 13.2 Å². The molecular formula is C13H14F3N3OS. The minimum absolute atomic E-state index is 0.0143. The summed E-state index contributed by atoms with van der Waals surface area (Å²) < 4.78 is 39.0. The zero-order valence-corrected chi connectivity index (χ0v) is 11.8. The maximum Gasteiger partial charge on any atom is 0.446 e. The molecule has 21 heavy (non-hydrogen) atoms. The predicted molar refractivity (Wildman–Crippen MR) is 75.0 cm³/mol. The van der Waals surface area contributed by atoms with E-state index in [4.69, 9.17) is 5.11 Å². The predicted octanol–water partition coefficient (Wildman–Crippen LogP) is 3.10. The molecule has 0 aliphatic heterocycles. The molecule has 0 radical (unpaired) electrons. The Balaban J connectivity index is 2.02. The van der Waals surface area contributed by atoms with Gasteiger partial charge in [-0.1, -0.05) is 12.1 Å². The molecule has 0 saturated carbocycles. The Bertz CT molecular complexity index is 586. The molecule has 0 atom stereocenters. The SMILES string of the molecule is OCCn1cc(CNc2ccccc2SC(F)(F)F)cn1. The molecule has 2 aromatic rings. The molecule has 0 aliphatic rings. The van der Waals surface area contributed by atoms with E-state index in [0.29, 0.717) is 18.8 Å². The van der Waals surface area contributed by atoms with Gasteiger partial charge in [-0.25, -0.2) is 0 Å². The number of hydrogen-bond acceptors (Lipinski definition) is 4. The molecule has 0 spiro atoms. The normalized spacial score (nSPS) is 11.6. The summed E-state index contributed by atoms with van der Waals surface area (Å²) in [5, 5.41) is 15.8. The fourth-order valence-electron chi connectivity index (χ4n) is 1.75. The van der Waals surface area contributed by atoms with Gasteiger partial charge in [0.25, 0.3) is 0 Å². The molecule has 1 heterocycles. The van der Waals surface area contributed by atoms with Crippen molar-refractivity contribution in [3.8, 4) is 0 Å². The molecule has 114 valence electrons. The Labute approximate surface area is 124 Å². The van der Waals surface area contributed by atoms with Crippen molar-refractivity contribution >= 4 is 17.4 Å². The third-order valence-corrected chi connectivity index (χ3v) is 3.42. The number of aliphatic hydroxyl groups excluding tert-OH is 1. The second-order valence-electron chi connectivity index (χ2n) is 4.23. The fraction of sp³-hybridized carbons (Fsp3) is 0.308. The van der Waals surface area contributed by atoms with Gasteiger partial charge in [0.05, 0.1) is 19.3 Å². The van der Waals surface area contributed by atoms with Crippen LogP contribution >= 0.6 is 11.8 Å². The highest BCUT2D eigenvalue weighted by Gasteiger charge is 2.30. The van der Waals surface area contributed by atoms with E-state index in [0.717, 1.165) is 5.56 Å². The van der Waals surface area contributed by atoms with Gasteiger partial charge in [-0.15, -0.1) is 0 Å². The van der Waals surface area contributed by atoms with Crippen molar-refractivity contribution in [1.29, 1.82) is 0 Å². The van der Waals surface area contributed by atoms with E-state index in [1.807, 2.05) is 0 Å². The first-order chi connectivity index (χ1) is 9.98. The summed E-state index contributed by atoms with van der Waals surface area (Å²) in [5.41, 5.74) is -3.06. The number of nitrogens with one attached hydrogen (secondary N) is 1. The summed E-state index contributed by atoms with van der Waals surface area (Å²) in [6.45, 7) is 0.737. The number of para-hydroxylation sites is 1. The number of alkyl halides is 3. The van der Waals surface area contributed by atoms with E-state index < -0.39 is 5.51 Å². The van der Waals surface area contributed by atoms with Crippen molar-refractivity contribution in [1.82, 2.24) is 9.78 Å². The van der Waals surface area contributed by atoms with Crippen molar-refractivity contribution in [3.05, 3.63) is 42.2 Å². The Morgan fingerprint density at radius 1 is 1.29 bits per heavy atom. The molecule has 0 saturated heterocycles. The van der Waals surface area contributed by atoms with E-state index >= 15 is 0 Å². The first-order valence-electron chi connectivity index (χ1n) is 6.19. The Morgan fingerprint density at radius 2 is 2.05 bits per heavy atom. The van der Waals surface area contributed by atoms with Gasteiger partial charge in [-0.3, -0.25) is 4.68 Å². The van der Waals surface area contributed by atoms with Crippen molar-refractivity contribution < 1.29 is 18.3 Å². The highest BCUT2D eigenvalue weighted by molar-refractivity contribution is 8.00. The smallest absolute Gasteiger partial charge is 0.394 e. The van der Waals surface area contributed by atoms with Crippen molar-refractivity contribution in [2.24, 2.45) is 0 Å². The van der Waals surface area contributed by atoms with Gasteiger partial charge in [-0.2, -0.15) is 18.3 Å². The molecule has 2 N–H and O–H groups in total. The van der Waals surface area contributed by atoms with Gasteiger partial charge in [0.15, 0.2) is 0 Å². The number of aliphatic hydroxyl groups is 1.